The number of aliphatic hydroxyl groups is 1. The largest absolute Gasteiger partial charge is 0.489 e. The summed E-state index contributed by atoms with van der Waals surface area (Å²) in [5.41, 5.74) is -0.880. The zero-order valence-electron chi connectivity index (χ0n) is 9.64. The Labute approximate surface area is 98.2 Å². The van der Waals surface area contributed by atoms with Gasteiger partial charge in [-0.25, -0.2) is 4.98 Å². The first-order valence-electron chi connectivity index (χ1n) is 5.73. The first-order chi connectivity index (χ1) is 8.14. The standard InChI is InChI=1S/C11H15N3O3/c1-17-8-9(12-6-13-10(8)15)14-4-11(16,5-14)7-2-3-7/h6-7,16H,2-5H2,1H3,(H,12,13,15). The van der Waals surface area contributed by atoms with Gasteiger partial charge in [0.05, 0.1) is 26.5 Å². The van der Waals surface area contributed by atoms with Crippen LogP contribution in [0.2, 0.25) is 0 Å². The van der Waals surface area contributed by atoms with Gasteiger partial charge in [0.15, 0.2) is 5.82 Å². The highest BCUT2D eigenvalue weighted by molar-refractivity contribution is 5.54. The van der Waals surface area contributed by atoms with Crippen LogP contribution in [0.3, 0.4) is 0 Å². The summed E-state index contributed by atoms with van der Waals surface area (Å²) in [6, 6.07) is 0. The van der Waals surface area contributed by atoms with Crippen molar-refractivity contribution in [2.24, 2.45) is 5.92 Å². The molecule has 0 amide bonds. The fraction of sp³-hybridized carbons (Fsp3) is 0.636. The van der Waals surface area contributed by atoms with E-state index in [1.807, 2.05) is 4.90 Å². The van der Waals surface area contributed by atoms with Gasteiger partial charge < -0.3 is 19.7 Å². The van der Waals surface area contributed by atoms with Crippen LogP contribution in [-0.2, 0) is 0 Å². The average molecular weight is 237 g/mol. The minimum atomic E-state index is -0.588. The summed E-state index contributed by atoms with van der Waals surface area (Å²) in [7, 11) is 1.45. The number of β-amino-alcohol motifs (C(OH)–C–C–N with tert-alkyl or cyclic N) is 1. The Morgan fingerprint density at radius 2 is 2.29 bits per heavy atom. The van der Waals surface area contributed by atoms with Crippen LogP contribution in [0.15, 0.2) is 11.1 Å². The summed E-state index contributed by atoms with van der Waals surface area (Å²) in [6.45, 7) is 1.06. The number of nitrogens with zero attached hydrogens (tertiary/aromatic N) is 2. The van der Waals surface area contributed by atoms with E-state index in [1.165, 1.54) is 13.4 Å². The van der Waals surface area contributed by atoms with E-state index in [4.69, 9.17) is 4.74 Å². The van der Waals surface area contributed by atoms with Gasteiger partial charge in [0.1, 0.15) is 5.60 Å². The van der Waals surface area contributed by atoms with E-state index in [2.05, 4.69) is 9.97 Å². The molecule has 1 saturated carbocycles. The van der Waals surface area contributed by atoms with E-state index in [9.17, 15) is 9.90 Å². The normalized spacial score (nSPS) is 22.1. The lowest BCUT2D eigenvalue weighted by Crippen LogP contribution is -2.63. The van der Waals surface area contributed by atoms with Crippen molar-refractivity contribution >= 4 is 5.82 Å². The molecular weight excluding hydrogens is 222 g/mol. The Morgan fingerprint density at radius 1 is 1.59 bits per heavy atom. The Morgan fingerprint density at radius 3 is 2.88 bits per heavy atom. The quantitative estimate of drug-likeness (QED) is 0.757. The van der Waals surface area contributed by atoms with Gasteiger partial charge in [-0.15, -0.1) is 0 Å². The molecule has 0 unspecified atom stereocenters. The molecule has 2 heterocycles. The van der Waals surface area contributed by atoms with Crippen molar-refractivity contribution in [3.8, 4) is 5.75 Å². The lowest BCUT2D eigenvalue weighted by atomic mass is 9.89. The van der Waals surface area contributed by atoms with Crippen LogP contribution in [0.4, 0.5) is 5.82 Å². The highest BCUT2D eigenvalue weighted by atomic mass is 16.5. The van der Waals surface area contributed by atoms with E-state index in [0.29, 0.717) is 24.8 Å². The average Bonchev–Trinajstić information content (AvgIpc) is 3.08. The highest BCUT2D eigenvalue weighted by Gasteiger charge is 2.52. The van der Waals surface area contributed by atoms with Crippen LogP contribution in [-0.4, -0.2) is 40.9 Å². The fourth-order valence-electron chi connectivity index (χ4n) is 2.43. The van der Waals surface area contributed by atoms with Gasteiger partial charge in [0, 0.05) is 0 Å². The summed E-state index contributed by atoms with van der Waals surface area (Å²) in [4.78, 5) is 20.0. The molecule has 0 bridgehead atoms. The van der Waals surface area contributed by atoms with E-state index >= 15 is 0 Å². The molecule has 1 aliphatic carbocycles. The predicted molar refractivity (Wildman–Crippen MR) is 61.3 cm³/mol. The van der Waals surface area contributed by atoms with Crippen molar-refractivity contribution in [1.29, 1.82) is 0 Å². The van der Waals surface area contributed by atoms with Crippen LogP contribution in [0.25, 0.3) is 0 Å². The summed E-state index contributed by atoms with van der Waals surface area (Å²) < 4.78 is 5.05. The number of hydrogen-bond donors (Lipinski definition) is 2. The molecule has 2 fully saturated rings. The van der Waals surface area contributed by atoms with Crippen molar-refractivity contribution in [3.05, 3.63) is 16.7 Å². The molecular formula is C11H15N3O3. The lowest BCUT2D eigenvalue weighted by molar-refractivity contribution is -0.00998. The molecule has 6 nitrogen and oxygen atoms in total. The molecule has 0 radical (unpaired) electrons. The highest BCUT2D eigenvalue weighted by Crippen LogP contribution is 2.46. The first kappa shape index (κ1) is 10.6. The summed E-state index contributed by atoms with van der Waals surface area (Å²) in [6.07, 6.45) is 3.56. The summed E-state index contributed by atoms with van der Waals surface area (Å²) in [5, 5.41) is 10.2. The number of aromatic nitrogens is 2. The molecule has 1 aromatic heterocycles. The number of H-pyrrole nitrogens is 1. The summed E-state index contributed by atoms with van der Waals surface area (Å²) in [5.74, 6) is 1.15. The van der Waals surface area contributed by atoms with Gasteiger partial charge in [-0.2, -0.15) is 0 Å². The molecule has 0 aromatic carbocycles. The second kappa shape index (κ2) is 3.46. The van der Waals surface area contributed by atoms with Crippen molar-refractivity contribution in [2.45, 2.75) is 18.4 Å². The van der Waals surface area contributed by atoms with Gasteiger partial charge >= 0.3 is 0 Å². The maximum absolute atomic E-state index is 11.5. The van der Waals surface area contributed by atoms with Gasteiger partial charge in [-0.1, -0.05) is 0 Å². The van der Waals surface area contributed by atoms with Gasteiger partial charge in [-0.3, -0.25) is 4.79 Å². The number of nitrogens with one attached hydrogen (secondary N) is 1. The van der Waals surface area contributed by atoms with E-state index in [-0.39, 0.29) is 11.3 Å². The van der Waals surface area contributed by atoms with E-state index in [0.717, 1.165) is 12.8 Å². The number of anilines is 1. The van der Waals surface area contributed by atoms with Crippen LogP contribution in [0, 0.1) is 5.92 Å². The monoisotopic (exact) mass is 237 g/mol. The van der Waals surface area contributed by atoms with Gasteiger partial charge in [-0.05, 0) is 18.8 Å². The maximum atomic E-state index is 11.5. The third-order valence-corrected chi connectivity index (χ3v) is 3.56. The molecule has 3 rings (SSSR count). The molecule has 17 heavy (non-hydrogen) atoms. The Kier molecular flexibility index (Phi) is 2.16. The second-order valence-corrected chi connectivity index (χ2v) is 4.82. The van der Waals surface area contributed by atoms with E-state index < -0.39 is 5.60 Å². The molecule has 1 aliphatic heterocycles. The second-order valence-electron chi connectivity index (χ2n) is 4.82. The minimum absolute atomic E-state index is 0.213. The van der Waals surface area contributed by atoms with Crippen molar-refractivity contribution in [1.82, 2.24) is 9.97 Å². The number of ether oxygens (including phenoxy) is 1. The Balaban J connectivity index is 1.82. The summed E-state index contributed by atoms with van der Waals surface area (Å²) >= 11 is 0. The lowest BCUT2D eigenvalue weighted by Gasteiger charge is -2.47. The number of rotatable bonds is 3. The number of aromatic amines is 1. The fourth-order valence-corrected chi connectivity index (χ4v) is 2.43. The molecule has 0 atom stereocenters. The zero-order chi connectivity index (χ0) is 12.0. The third kappa shape index (κ3) is 1.59. The van der Waals surface area contributed by atoms with Crippen molar-refractivity contribution < 1.29 is 9.84 Å². The molecule has 0 spiro atoms. The topological polar surface area (TPSA) is 78.5 Å². The van der Waals surface area contributed by atoms with Gasteiger partial charge in [0.25, 0.3) is 5.56 Å². The molecule has 6 heteroatoms. The number of methoxy groups -OCH3 is 1. The van der Waals surface area contributed by atoms with Gasteiger partial charge in [0.2, 0.25) is 5.75 Å². The zero-order valence-corrected chi connectivity index (χ0v) is 9.64. The van der Waals surface area contributed by atoms with Crippen LogP contribution < -0.4 is 15.2 Å². The smallest absolute Gasteiger partial charge is 0.295 e. The Hall–Kier alpha value is -1.56. The molecule has 1 aromatic rings. The SMILES string of the molecule is COc1c(N2CC(O)(C3CC3)C2)nc[nH]c1=O. The van der Waals surface area contributed by atoms with Crippen LogP contribution in [0.5, 0.6) is 5.75 Å². The molecule has 92 valence electrons. The van der Waals surface area contributed by atoms with Crippen molar-refractivity contribution in [2.75, 3.05) is 25.1 Å². The van der Waals surface area contributed by atoms with Crippen LogP contribution in [0.1, 0.15) is 12.8 Å². The minimum Gasteiger partial charge on any atom is -0.489 e. The van der Waals surface area contributed by atoms with E-state index in [1.54, 1.807) is 0 Å². The maximum Gasteiger partial charge on any atom is 0.295 e. The molecule has 2 aliphatic rings. The Bertz CT molecular complexity index is 489. The van der Waals surface area contributed by atoms with Crippen LogP contribution >= 0.6 is 0 Å². The number of hydrogen-bond acceptors (Lipinski definition) is 5. The predicted octanol–water partition coefficient (Wildman–Crippen LogP) is -0.260. The van der Waals surface area contributed by atoms with Crippen molar-refractivity contribution in [3.63, 3.8) is 0 Å². The molecule has 2 N–H and O–H groups in total. The molecule has 1 saturated heterocycles. The third-order valence-electron chi connectivity index (χ3n) is 3.56. The first-order valence-corrected chi connectivity index (χ1v) is 5.73.